The van der Waals surface area contributed by atoms with E-state index in [1.54, 1.807) is 12.1 Å². The van der Waals surface area contributed by atoms with Crippen molar-refractivity contribution >= 4 is 23.4 Å². The van der Waals surface area contributed by atoms with Crippen molar-refractivity contribution < 1.29 is 14.8 Å². The van der Waals surface area contributed by atoms with Gasteiger partial charge in [-0.2, -0.15) is 0 Å². The van der Waals surface area contributed by atoms with Crippen LogP contribution in [0.25, 0.3) is 10.8 Å². The van der Waals surface area contributed by atoms with Crippen LogP contribution in [0.3, 0.4) is 0 Å². The second-order valence-corrected chi connectivity index (χ2v) is 4.42. The summed E-state index contributed by atoms with van der Waals surface area (Å²) in [6, 6.07) is 11.1. The van der Waals surface area contributed by atoms with Crippen LogP contribution in [0.1, 0.15) is 12.8 Å². The van der Waals surface area contributed by atoms with E-state index in [4.69, 9.17) is 14.8 Å². The maximum atomic E-state index is 9.13. The molecule has 0 aliphatic heterocycles. The fraction of sp³-hybridized carbons (Fsp3) is 0.200. The fourth-order valence-corrected chi connectivity index (χ4v) is 1.91. The zero-order valence-corrected chi connectivity index (χ0v) is 10.7. The molecule has 0 unspecified atom stereocenters. The lowest BCUT2D eigenvalue weighted by molar-refractivity contribution is 0.312. The van der Waals surface area contributed by atoms with E-state index >= 15 is 0 Å². The first-order valence-electron chi connectivity index (χ1n) is 6.34. The van der Waals surface area contributed by atoms with E-state index in [2.05, 4.69) is 6.58 Å². The molecule has 0 bridgehead atoms. The van der Waals surface area contributed by atoms with Crippen molar-refractivity contribution in [3.63, 3.8) is 0 Å². The molecule has 19 heavy (non-hydrogen) atoms. The smallest absolute Gasteiger partial charge is 0.488 e. The molecular formula is C15H17BO3. The third-order valence-corrected chi connectivity index (χ3v) is 2.96. The first-order valence-corrected chi connectivity index (χ1v) is 6.34. The zero-order valence-electron chi connectivity index (χ0n) is 10.7. The first-order chi connectivity index (χ1) is 9.20. The van der Waals surface area contributed by atoms with Crippen LogP contribution in [0.4, 0.5) is 0 Å². The van der Waals surface area contributed by atoms with Crippen LogP contribution < -0.4 is 10.2 Å². The van der Waals surface area contributed by atoms with Crippen LogP contribution in [0.2, 0.25) is 0 Å². The summed E-state index contributed by atoms with van der Waals surface area (Å²) in [5, 5.41) is 20.2. The van der Waals surface area contributed by atoms with Crippen molar-refractivity contribution in [3.8, 4) is 5.75 Å². The molecule has 3 nitrogen and oxygen atoms in total. The van der Waals surface area contributed by atoms with Crippen molar-refractivity contribution in [1.82, 2.24) is 0 Å². The molecule has 0 saturated heterocycles. The average molecular weight is 256 g/mol. The van der Waals surface area contributed by atoms with Crippen LogP contribution in [-0.2, 0) is 0 Å². The number of rotatable bonds is 6. The van der Waals surface area contributed by atoms with Crippen LogP contribution >= 0.6 is 0 Å². The van der Waals surface area contributed by atoms with Gasteiger partial charge in [-0.15, -0.1) is 6.58 Å². The van der Waals surface area contributed by atoms with Gasteiger partial charge in [0, 0.05) is 0 Å². The lowest BCUT2D eigenvalue weighted by atomic mass is 9.79. The van der Waals surface area contributed by atoms with Crippen LogP contribution in [0, 0.1) is 0 Å². The van der Waals surface area contributed by atoms with Crippen LogP contribution in [0.15, 0.2) is 49.1 Å². The van der Waals surface area contributed by atoms with E-state index in [-0.39, 0.29) is 0 Å². The van der Waals surface area contributed by atoms with Crippen molar-refractivity contribution in [2.45, 2.75) is 12.8 Å². The summed E-state index contributed by atoms with van der Waals surface area (Å²) in [7, 11) is -1.43. The van der Waals surface area contributed by atoms with Crippen LogP contribution in [-0.4, -0.2) is 23.8 Å². The molecule has 2 aromatic carbocycles. The normalized spacial score (nSPS) is 10.4. The number of hydrogen-bond acceptors (Lipinski definition) is 3. The predicted octanol–water partition coefficient (Wildman–Crippen LogP) is 1.86. The van der Waals surface area contributed by atoms with E-state index in [1.165, 1.54) is 0 Å². The van der Waals surface area contributed by atoms with Gasteiger partial charge in [-0.05, 0) is 41.2 Å². The Kier molecular flexibility index (Phi) is 4.60. The van der Waals surface area contributed by atoms with Gasteiger partial charge in [-0.1, -0.05) is 30.3 Å². The Balaban J connectivity index is 2.12. The second-order valence-electron chi connectivity index (χ2n) is 4.42. The van der Waals surface area contributed by atoms with Gasteiger partial charge in [0.1, 0.15) is 5.75 Å². The molecule has 4 heteroatoms. The third-order valence-electron chi connectivity index (χ3n) is 2.96. The molecule has 0 fully saturated rings. The topological polar surface area (TPSA) is 49.7 Å². The van der Waals surface area contributed by atoms with Crippen molar-refractivity contribution in [2.75, 3.05) is 6.61 Å². The summed E-state index contributed by atoms with van der Waals surface area (Å²) >= 11 is 0. The van der Waals surface area contributed by atoms with Gasteiger partial charge in [0.15, 0.2) is 0 Å². The molecule has 0 heterocycles. The van der Waals surface area contributed by atoms with Gasteiger partial charge < -0.3 is 14.8 Å². The SMILES string of the molecule is C=CCCCOc1ccc2cc(B(O)O)ccc2c1. The summed E-state index contributed by atoms with van der Waals surface area (Å²) < 4.78 is 5.65. The molecule has 0 spiro atoms. The Hall–Kier alpha value is -1.78. The van der Waals surface area contributed by atoms with Gasteiger partial charge in [-0.3, -0.25) is 0 Å². The number of hydrogen-bond donors (Lipinski definition) is 2. The van der Waals surface area contributed by atoms with Crippen molar-refractivity contribution in [1.29, 1.82) is 0 Å². The Morgan fingerprint density at radius 1 is 1.11 bits per heavy atom. The van der Waals surface area contributed by atoms with E-state index in [9.17, 15) is 0 Å². The molecule has 2 aromatic rings. The Bertz CT molecular complexity index is 566. The van der Waals surface area contributed by atoms with Gasteiger partial charge >= 0.3 is 7.12 Å². The number of fused-ring (bicyclic) bond motifs is 1. The predicted molar refractivity (Wildman–Crippen MR) is 78.7 cm³/mol. The highest BCUT2D eigenvalue weighted by molar-refractivity contribution is 6.58. The molecule has 2 N–H and O–H groups in total. The fourth-order valence-electron chi connectivity index (χ4n) is 1.91. The molecule has 0 radical (unpaired) electrons. The van der Waals surface area contributed by atoms with Crippen molar-refractivity contribution in [2.24, 2.45) is 0 Å². The van der Waals surface area contributed by atoms with Gasteiger partial charge in [-0.25, -0.2) is 0 Å². The Morgan fingerprint density at radius 3 is 2.58 bits per heavy atom. The highest BCUT2D eigenvalue weighted by Gasteiger charge is 2.10. The average Bonchev–Trinajstić information content (AvgIpc) is 2.43. The standard InChI is InChI=1S/C15H17BO3/c1-2-3-4-9-19-15-8-6-12-10-14(16(17)18)7-5-13(12)11-15/h2,5-8,10-11,17-18H,1,3-4,9H2. The zero-order chi connectivity index (χ0) is 13.7. The lowest BCUT2D eigenvalue weighted by Crippen LogP contribution is -2.29. The number of unbranched alkanes of at least 4 members (excludes halogenated alkanes) is 1. The molecule has 0 saturated carbocycles. The number of benzene rings is 2. The second kappa shape index (κ2) is 6.41. The minimum absolute atomic E-state index is 0.493. The maximum Gasteiger partial charge on any atom is 0.488 e. The Morgan fingerprint density at radius 2 is 1.84 bits per heavy atom. The highest BCUT2D eigenvalue weighted by atomic mass is 16.5. The monoisotopic (exact) mass is 256 g/mol. The maximum absolute atomic E-state index is 9.13. The molecule has 0 aliphatic rings. The highest BCUT2D eigenvalue weighted by Crippen LogP contribution is 2.20. The molecule has 2 rings (SSSR count). The quantitative estimate of drug-likeness (QED) is 0.471. The molecule has 0 aromatic heterocycles. The third kappa shape index (κ3) is 3.59. The summed E-state index contributed by atoms with van der Waals surface area (Å²) in [4.78, 5) is 0. The van der Waals surface area contributed by atoms with E-state index < -0.39 is 7.12 Å². The van der Waals surface area contributed by atoms with Gasteiger partial charge in [0.05, 0.1) is 6.61 Å². The minimum Gasteiger partial charge on any atom is -0.494 e. The van der Waals surface area contributed by atoms with E-state index in [0.717, 1.165) is 29.4 Å². The first kappa shape index (κ1) is 13.7. The molecule has 0 amide bonds. The van der Waals surface area contributed by atoms with Crippen molar-refractivity contribution in [3.05, 3.63) is 49.1 Å². The summed E-state index contributed by atoms with van der Waals surface area (Å²) in [5.41, 5.74) is 0.493. The van der Waals surface area contributed by atoms with E-state index in [1.807, 2.05) is 30.3 Å². The number of allylic oxidation sites excluding steroid dienone is 1. The minimum atomic E-state index is -1.43. The molecule has 98 valence electrons. The lowest BCUT2D eigenvalue weighted by Gasteiger charge is -2.07. The van der Waals surface area contributed by atoms with Gasteiger partial charge in [0.2, 0.25) is 0 Å². The summed E-state index contributed by atoms with van der Waals surface area (Å²) in [5.74, 6) is 0.828. The van der Waals surface area contributed by atoms with Crippen LogP contribution in [0.5, 0.6) is 5.75 Å². The molecular weight excluding hydrogens is 239 g/mol. The molecule has 0 aliphatic carbocycles. The van der Waals surface area contributed by atoms with Gasteiger partial charge in [0.25, 0.3) is 0 Å². The number of ether oxygens (including phenoxy) is 1. The summed E-state index contributed by atoms with van der Waals surface area (Å²) in [6.07, 6.45) is 3.79. The Labute approximate surface area is 113 Å². The summed E-state index contributed by atoms with van der Waals surface area (Å²) in [6.45, 7) is 4.34. The largest absolute Gasteiger partial charge is 0.494 e. The molecule has 0 atom stereocenters. The van der Waals surface area contributed by atoms with E-state index in [0.29, 0.717) is 12.1 Å².